The highest BCUT2D eigenvalue weighted by Gasteiger charge is 1.84. The Morgan fingerprint density at radius 3 is 1.67 bits per heavy atom. The normalized spacial score (nSPS) is 7.67. The molecule has 0 aliphatic rings. The Balaban J connectivity index is 3.26. The molecule has 0 unspecified atom stereocenters. The Hall–Kier alpha value is -0.390. The van der Waals surface area contributed by atoms with Gasteiger partial charge < -0.3 is 5.73 Å². The highest BCUT2D eigenvalue weighted by molar-refractivity contribution is 7.80. The monoisotopic (exact) mass is 106 g/mol. The van der Waals surface area contributed by atoms with Crippen LogP contribution in [-0.2, 0) is 0 Å². The topological polar surface area (TPSA) is 81.3 Å². The van der Waals surface area contributed by atoms with Gasteiger partial charge >= 0.3 is 0 Å². The summed E-state index contributed by atoms with van der Waals surface area (Å²) in [5, 5.41) is 0.657. The molecule has 0 saturated carbocycles. The minimum atomic E-state index is -0.0185. The van der Waals surface area contributed by atoms with E-state index < -0.39 is 0 Å². The third kappa shape index (κ3) is 1.89. The summed E-state index contributed by atoms with van der Waals surface area (Å²) in [6.07, 6.45) is 0. The van der Waals surface area contributed by atoms with Gasteiger partial charge in [0, 0.05) is 0 Å². The molecule has 0 aromatic heterocycles. The molecule has 0 saturated heterocycles. The van der Waals surface area contributed by atoms with E-state index in [-0.39, 0.29) is 5.11 Å². The number of thiocarbonyl (C=S) groups is 1. The lowest BCUT2D eigenvalue weighted by atomic mass is 11.2. The second kappa shape index (κ2) is 1.91. The number of nitrogens with zero attached hydrogens (tertiary/aromatic N) is 1. The van der Waals surface area contributed by atoms with Crippen LogP contribution < -0.4 is 17.4 Å². The summed E-state index contributed by atoms with van der Waals surface area (Å²) >= 11 is 4.27. The molecule has 36 valence electrons. The van der Waals surface area contributed by atoms with E-state index in [0.29, 0.717) is 5.12 Å². The second-order valence-corrected chi connectivity index (χ2v) is 1.16. The van der Waals surface area contributed by atoms with Crippen molar-refractivity contribution < 1.29 is 0 Å². The first-order valence-electron chi connectivity index (χ1n) is 1.23. The SMILES string of the molecule is NC(=S)N(N)N. The lowest BCUT2D eigenvalue weighted by Crippen LogP contribution is -2.46. The van der Waals surface area contributed by atoms with Crippen LogP contribution >= 0.6 is 12.2 Å². The summed E-state index contributed by atoms with van der Waals surface area (Å²) in [6.45, 7) is 0. The minimum Gasteiger partial charge on any atom is -0.374 e. The van der Waals surface area contributed by atoms with Crippen LogP contribution in [0.5, 0.6) is 0 Å². The third-order valence-corrected chi connectivity index (χ3v) is 0.465. The lowest BCUT2D eigenvalue weighted by Gasteiger charge is -2.04. The first-order valence-corrected chi connectivity index (χ1v) is 1.64. The quantitative estimate of drug-likeness (QED) is 0.194. The van der Waals surface area contributed by atoms with Gasteiger partial charge in [0.25, 0.3) is 0 Å². The molecule has 0 aromatic carbocycles. The fraction of sp³-hybridized carbons (Fsp3) is 0. The van der Waals surface area contributed by atoms with E-state index in [4.69, 9.17) is 17.4 Å². The van der Waals surface area contributed by atoms with Gasteiger partial charge in [-0.25, -0.2) is 16.8 Å². The van der Waals surface area contributed by atoms with Crippen molar-refractivity contribution in [1.82, 2.24) is 5.12 Å². The van der Waals surface area contributed by atoms with Crippen LogP contribution in [-0.4, -0.2) is 10.2 Å². The van der Waals surface area contributed by atoms with Crippen LogP contribution in [0.15, 0.2) is 0 Å². The minimum absolute atomic E-state index is 0.0185. The Kier molecular flexibility index (Phi) is 1.78. The van der Waals surface area contributed by atoms with E-state index in [9.17, 15) is 0 Å². The molecule has 0 heterocycles. The van der Waals surface area contributed by atoms with Crippen LogP contribution in [0.25, 0.3) is 0 Å². The Morgan fingerprint density at radius 2 is 1.67 bits per heavy atom. The Labute approximate surface area is 40.8 Å². The van der Waals surface area contributed by atoms with Gasteiger partial charge in [0.05, 0.1) is 0 Å². The van der Waals surface area contributed by atoms with E-state index in [1.165, 1.54) is 0 Å². The first kappa shape index (κ1) is 5.61. The van der Waals surface area contributed by atoms with E-state index in [2.05, 4.69) is 12.2 Å². The van der Waals surface area contributed by atoms with Gasteiger partial charge in [-0.1, -0.05) is 0 Å². The number of hydrogen-bond donors (Lipinski definition) is 3. The van der Waals surface area contributed by atoms with Crippen LogP contribution in [0.2, 0.25) is 0 Å². The smallest absolute Gasteiger partial charge is 0.195 e. The highest BCUT2D eigenvalue weighted by atomic mass is 32.1. The molecular formula is CH6N4S. The average molecular weight is 106 g/mol. The van der Waals surface area contributed by atoms with E-state index in [0.717, 1.165) is 0 Å². The maximum absolute atomic E-state index is 4.84. The fourth-order valence-electron chi connectivity index (χ4n) is 0. The molecule has 0 rings (SSSR count). The van der Waals surface area contributed by atoms with Crippen molar-refractivity contribution >= 4 is 17.3 Å². The van der Waals surface area contributed by atoms with Crippen LogP contribution in [0.3, 0.4) is 0 Å². The zero-order valence-corrected chi connectivity index (χ0v) is 3.90. The molecule has 0 radical (unpaired) electrons. The predicted molar refractivity (Wildman–Crippen MR) is 27.0 cm³/mol. The van der Waals surface area contributed by atoms with Crippen LogP contribution in [0.1, 0.15) is 0 Å². The summed E-state index contributed by atoms with van der Waals surface area (Å²) in [6, 6.07) is 0. The summed E-state index contributed by atoms with van der Waals surface area (Å²) in [5.74, 6) is 9.56. The predicted octanol–water partition coefficient (Wildman–Crippen LogP) is -1.72. The molecule has 4 nitrogen and oxygen atoms in total. The van der Waals surface area contributed by atoms with Gasteiger partial charge in [0.1, 0.15) is 0 Å². The first-order chi connectivity index (χ1) is 2.64. The summed E-state index contributed by atoms with van der Waals surface area (Å²) in [5.41, 5.74) is 4.84. The number of rotatable bonds is 0. The van der Waals surface area contributed by atoms with E-state index >= 15 is 0 Å². The van der Waals surface area contributed by atoms with Crippen molar-refractivity contribution in [2.45, 2.75) is 0 Å². The molecule has 6 heavy (non-hydrogen) atoms. The summed E-state index contributed by atoms with van der Waals surface area (Å²) < 4.78 is 0. The molecule has 0 aliphatic carbocycles. The Bertz CT molecular complexity index is 58.6. The van der Waals surface area contributed by atoms with Crippen molar-refractivity contribution in [2.24, 2.45) is 17.4 Å². The summed E-state index contributed by atoms with van der Waals surface area (Å²) in [7, 11) is 0. The van der Waals surface area contributed by atoms with Crippen molar-refractivity contribution in [2.75, 3.05) is 0 Å². The lowest BCUT2D eigenvalue weighted by molar-refractivity contribution is 0.469. The molecule has 0 atom stereocenters. The second-order valence-electron chi connectivity index (χ2n) is 0.746. The van der Waals surface area contributed by atoms with Crippen molar-refractivity contribution in [3.05, 3.63) is 0 Å². The van der Waals surface area contributed by atoms with Gasteiger partial charge in [-0.3, -0.25) is 0 Å². The zero-order chi connectivity index (χ0) is 5.15. The fourth-order valence-corrected chi connectivity index (χ4v) is 0. The number of hydrazine groups is 2. The van der Waals surface area contributed by atoms with Crippen LogP contribution in [0, 0.1) is 0 Å². The molecule has 0 amide bonds. The largest absolute Gasteiger partial charge is 0.374 e. The van der Waals surface area contributed by atoms with Gasteiger partial charge in [-0.2, -0.15) is 0 Å². The van der Waals surface area contributed by atoms with E-state index in [1.54, 1.807) is 0 Å². The molecular weight excluding hydrogens is 100 g/mol. The average Bonchev–Trinajstić information content (AvgIpc) is 1.36. The van der Waals surface area contributed by atoms with Crippen molar-refractivity contribution in [3.63, 3.8) is 0 Å². The standard InChI is InChI=1S/CH6N4S/c2-1(6)5(3)4/h3-4H2,(H2,2,6). The van der Waals surface area contributed by atoms with Crippen molar-refractivity contribution in [1.29, 1.82) is 0 Å². The van der Waals surface area contributed by atoms with Gasteiger partial charge in [0.2, 0.25) is 0 Å². The maximum atomic E-state index is 4.84. The highest BCUT2D eigenvalue weighted by Crippen LogP contribution is 1.56. The molecule has 0 aliphatic heterocycles. The number of hydrogen-bond acceptors (Lipinski definition) is 3. The van der Waals surface area contributed by atoms with Gasteiger partial charge in [-0.15, -0.1) is 0 Å². The maximum Gasteiger partial charge on any atom is 0.195 e. The molecule has 0 aromatic rings. The molecule has 6 N–H and O–H groups in total. The van der Waals surface area contributed by atoms with Crippen molar-refractivity contribution in [3.8, 4) is 0 Å². The van der Waals surface area contributed by atoms with Gasteiger partial charge in [0.15, 0.2) is 5.11 Å². The molecule has 0 bridgehead atoms. The molecule has 5 heteroatoms. The third-order valence-electron chi connectivity index (χ3n) is 0.254. The molecule has 0 fully saturated rings. The van der Waals surface area contributed by atoms with Crippen LogP contribution in [0.4, 0.5) is 0 Å². The summed E-state index contributed by atoms with van der Waals surface area (Å²) in [4.78, 5) is 0. The number of nitrogens with two attached hydrogens (primary N) is 3. The van der Waals surface area contributed by atoms with E-state index in [1.807, 2.05) is 0 Å². The van der Waals surface area contributed by atoms with Gasteiger partial charge in [-0.05, 0) is 12.2 Å². The zero-order valence-electron chi connectivity index (χ0n) is 3.09. The molecule has 0 spiro atoms. The Morgan fingerprint density at radius 1 is 1.50 bits per heavy atom.